The fraction of sp³-hybridized carbons (Fsp3) is 0.143. The van der Waals surface area contributed by atoms with E-state index in [4.69, 9.17) is 9.26 Å². The standard InChI is InChI=1S/C21H16N2O6S/c1-11-10-15(22-29-11)23-17(12-5-7-13(8-6-12)21(27)28-2)16(19(25)20(23)26)18(24)14-4-3-9-30-14/h3-10,17,25H,1-2H3. The number of carbonyl (C=O) groups is 3. The molecule has 2 aromatic heterocycles. The van der Waals surface area contributed by atoms with E-state index in [1.807, 2.05) is 0 Å². The van der Waals surface area contributed by atoms with Gasteiger partial charge in [0, 0.05) is 6.07 Å². The van der Waals surface area contributed by atoms with Crippen LogP contribution in [0, 0.1) is 6.92 Å². The van der Waals surface area contributed by atoms with Crippen LogP contribution in [0.1, 0.15) is 37.4 Å². The van der Waals surface area contributed by atoms with Crippen LogP contribution >= 0.6 is 11.3 Å². The van der Waals surface area contributed by atoms with Crippen LogP contribution in [-0.4, -0.2) is 35.0 Å². The lowest BCUT2D eigenvalue weighted by Gasteiger charge is -2.24. The van der Waals surface area contributed by atoms with Gasteiger partial charge in [0.05, 0.1) is 29.2 Å². The highest BCUT2D eigenvalue weighted by atomic mass is 32.1. The van der Waals surface area contributed by atoms with E-state index in [0.29, 0.717) is 21.8 Å². The Kier molecular flexibility index (Phi) is 4.96. The first kappa shape index (κ1) is 19.6. The van der Waals surface area contributed by atoms with Crippen molar-refractivity contribution in [2.24, 2.45) is 0 Å². The number of aryl methyl sites for hydroxylation is 1. The van der Waals surface area contributed by atoms with Gasteiger partial charge in [-0.15, -0.1) is 11.3 Å². The largest absolute Gasteiger partial charge is 0.503 e. The summed E-state index contributed by atoms with van der Waals surface area (Å²) in [5.41, 5.74) is 0.767. The number of thiophene rings is 1. The van der Waals surface area contributed by atoms with Gasteiger partial charge in [-0.05, 0) is 36.1 Å². The van der Waals surface area contributed by atoms with Gasteiger partial charge in [0.1, 0.15) is 5.76 Å². The molecule has 0 saturated carbocycles. The average molecular weight is 424 g/mol. The highest BCUT2D eigenvalue weighted by molar-refractivity contribution is 7.12. The maximum Gasteiger partial charge on any atom is 0.337 e. The van der Waals surface area contributed by atoms with Crippen molar-refractivity contribution >= 4 is 34.8 Å². The van der Waals surface area contributed by atoms with Crippen LogP contribution in [-0.2, 0) is 9.53 Å². The van der Waals surface area contributed by atoms with E-state index >= 15 is 0 Å². The first-order valence-electron chi connectivity index (χ1n) is 8.89. The lowest BCUT2D eigenvalue weighted by molar-refractivity contribution is -0.117. The topological polar surface area (TPSA) is 110 Å². The molecular formula is C21H16N2O6S. The molecule has 152 valence electrons. The van der Waals surface area contributed by atoms with Crippen LogP contribution in [0.5, 0.6) is 0 Å². The molecule has 0 radical (unpaired) electrons. The summed E-state index contributed by atoms with van der Waals surface area (Å²) in [5, 5.41) is 16.2. The van der Waals surface area contributed by atoms with Crippen molar-refractivity contribution in [3.8, 4) is 0 Å². The predicted molar refractivity (Wildman–Crippen MR) is 108 cm³/mol. The molecule has 1 atom stereocenters. The van der Waals surface area contributed by atoms with Crippen molar-refractivity contribution < 1.29 is 28.8 Å². The van der Waals surface area contributed by atoms with Gasteiger partial charge in [0.25, 0.3) is 5.91 Å². The molecule has 3 aromatic rings. The summed E-state index contributed by atoms with van der Waals surface area (Å²) in [6.45, 7) is 1.67. The summed E-state index contributed by atoms with van der Waals surface area (Å²) in [7, 11) is 1.28. The van der Waals surface area contributed by atoms with Gasteiger partial charge in [0.2, 0.25) is 5.78 Å². The van der Waals surface area contributed by atoms with Gasteiger partial charge in [-0.2, -0.15) is 0 Å². The van der Waals surface area contributed by atoms with Crippen molar-refractivity contribution in [1.29, 1.82) is 0 Å². The number of Topliss-reactive ketones (excluding diaryl/α,β-unsaturated/α-hetero) is 1. The highest BCUT2D eigenvalue weighted by Crippen LogP contribution is 2.42. The zero-order valence-corrected chi connectivity index (χ0v) is 16.8. The van der Waals surface area contributed by atoms with Crippen LogP contribution < -0.4 is 4.90 Å². The maximum atomic E-state index is 13.1. The third kappa shape index (κ3) is 3.18. The number of hydrogen-bond donors (Lipinski definition) is 1. The second-order valence-electron chi connectivity index (χ2n) is 6.56. The first-order valence-corrected chi connectivity index (χ1v) is 9.76. The molecule has 9 heteroatoms. The van der Waals surface area contributed by atoms with Gasteiger partial charge < -0.3 is 14.4 Å². The minimum Gasteiger partial charge on any atom is -0.503 e. The Labute approximate surface area is 175 Å². The third-order valence-corrected chi connectivity index (χ3v) is 5.58. The Morgan fingerprint density at radius 2 is 1.97 bits per heavy atom. The van der Waals surface area contributed by atoms with Gasteiger partial charge in [-0.1, -0.05) is 23.4 Å². The summed E-state index contributed by atoms with van der Waals surface area (Å²) in [4.78, 5) is 39.4. The quantitative estimate of drug-likeness (QED) is 0.492. The van der Waals surface area contributed by atoms with Gasteiger partial charge >= 0.3 is 5.97 Å². The molecule has 8 nitrogen and oxygen atoms in total. The van der Waals surface area contributed by atoms with Crippen molar-refractivity contribution in [3.05, 3.63) is 80.9 Å². The summed E-state index contributed by atoms with van der Waals surface area (Å²) >= 11 is 1.21. The number of aliphatic hydroxyl groups excluding tert-OH is 1. The Balaban J connectivity index is 1.84. The predicted octanol–water partition coefficient (Wildman–Crippen LogP) is 3.61. The lowest BCUT2D eigenvalue weighted by atomic mass is 9.94. The van der Waals surface area contributed by atoms with E-state index < -0.39 is 29.5 Å². The van der Waals surface area contributed by atoms with Gasteiger partial charge in [0.15, 0.2) is 11.6 Å². The number of aliphatic hydroxyl groups is 1. The number of rotatable bonds is 5. The van der Waals surface area contributed by atoms with E-state index in [9.17, 15) is 19.5 Å². The molecule has 1 amide bonds. The van der Waals surface area contributed by atoms with Crippen LogP contribution in [0.25, 0.3) is 0 Å². The van der Waals surface area contributed by atoms with Gasteiger partial charge in [-0.3, -0.25) is 14.5 Å². The Hall–Kier alpha value is -3.72. The molecule has 4 rings (SSSR count). The van der Waals surface area contributed by atoms with Crippen LogP contribution in [0.15, 0.2) is 63.7 Å². The molecule has 0 fully saturated rings. The minimum atomic E-state index is -0.941. The number of benzene rings is 1. The second-order valence-corrected chi connectivity index (χ2v) is 7.50. The van der Waals surface area contributed by atoms with Crippen LogP contribution in [0.2, 0.25) is 0 Å². The number of carbonyl (C=O) groups excluding carboxylic acids is 3. The number of methoxy groups -OCH3 is 1. The number of aromatic nitrogens is 1. The van der Waals surface area contributed by atoms with Crippen LogP contribution in [0.4, 0.5) is 5.82 Å². The molecule has 30 heavy (non-hydrogen) atoms. The number of hydrogen-bond acceptors (Lipinski definition) is 8. The fourth-order valence-corrected chi connectivity index (χ4v) is 3.99. The number of nitrogens with zero attached hydrogens (tertiary/aromatic N) is 2. The molecule has 0 saturated heterocycles. The maximum absolute atomic E-state index is 13.1. The van der Waals surface area contributed by atoms with Gasteiger partial charge in [-0.25, -0.2) is 4.79 Å². The Morgan fingerprint density at radius 3 is 2.53 bits per heavy atom. The normalized spacial score (nSPS) is 16.3. The fourth-order valence-electron chi connectivity index (χ4n) is 3.32. The molecular weight excluding hydrogens is 408 g/mol. The van der Waals surface area contributed by atoms with E-state index in [-0.39, 0.29) is 11.4 Å². The number of amides is 1. The minimum absolute atomic E-state index is 0.0612. The first-order chi connectivity index (χ1) is 14.4. The van der Waals surface area contributed by atoms with Crippen molar-refractivity contribution in [2.75, 3.05) is 12.0 Å². The number of ether oxygens (including phenoxy) is 1. The smallest absolute Gasteiger partial charge is 0.337 e. The van der Waals surface area contributed by atoms with Crippen molar-refractivity contribution in [3.63, 3.8) is 0 Å². The second kappa shape index (κ2) is 7.60. The monoisotopic (exact) mass is 424 g/mol. The number of anilines is 1. The third-order valence-electron chi connectivity index (χ3n) is 4.71. The van der Waals surface area contributed by atoms with E-state index in [0.717, 1.165) is 0 Å². The molecule has 3 heterocycles. The molecule has 1 unspecified atom stereocenters. The summed E-state index contributed by atoms with van der Waals surface area (Å²) in [6.07, 6.45) is 0. The molecule has 0 bridgehead atoms. The molecule has 1 aliphatic heterocycles. The van der Waals surface area contributed by atoms with E-state index in [2.05, 4.69) is 5.16 Å². The Morgan fingerprint density at radius 1 is 1.23 bits per heavy atom. The highest BCUT2D eigenvalue weighted by Gasteiger charge is 2.46. The number of esters is 1. The molecule has 1 aliphatic rings. The van der Waals surface area contributed by atoms with E-state index in [1.54, 1.807) is 42.6 Å². The molecule has 1 N–H and O–H groups in total. The summed E-state index contributed by atoms with van der Waals surface area (Å²) < 4.78 is 9.80. The van der Waals surface area contributed by atoms with Crippen LogP contribution in [0.3, 0.4) is 0 Å². The van der Waals surface area contributed by atoms with E-state index in [1.165, 1.54) is 35.5 Å². The SMILES string of the molecule is COC(=O)c1ccc(C2C(C(=O)c3cccs3)=C(O)C(=O)N2c2cc(C)on2)cc1. The molecule has 1 aromatic carbocycles. The molecule has 0 aliphatic carbocycles. The summed E-state index contributed by atoms with van der Waals surface area (Å²) in [5.74, 6) is -1.74. The zero-order chi connectivity index (χ0) is 21.4. The zero-order valence-electron chi connectivity index (χ0n) is 16.0. The lowest BCUT2D eigenvalue weighted by Crippen LogP contribution is -2.31. The van der Waals surface area contributed by atoms with Crippen molar-refractivity contribution in [2.45, 2.75) is 13.0 Å². The number of ketones is 1. The van der Waals surface area contributed by atoms with Crippen molar-refractivity contribution in [1.82, 2.24) is 5.16 Å². The average Bonchev–Trinajstić information content (AvgIpc) is 3.48. The Bertz CT molecular complexity index is 1160. The summed E-state index contributed by atoms with van der Waals surface area (Å²) in [6, 6.07) is 10.2. The molecule has 0 spiro atoms.